The van der Waals surface area contributed by atoms with Gasteiger partial charge in [-0.15, -0.1) is 0 Å². The quantitative estimate of drug-likeness (QED) is 0.723. The van der Waals surface area contributed by atoms with Crippen LogP contribution in [-0.4, -0.2) is 72.2 Å². The summed E-state index contributed by atoms with van der Waals surface area (Å²) in [6, 6.07) is 0. The van der Waals surface area contributed by atoms with Gasteiger partial charge in [0.05, 0.1) is 0 Å². The van der Waals surface area contributed by atoms with Gasteiger partial charge in [-0.3, -0.25) is 9.21 Å². The molecule has 3 nitrogen and oxygen atoms in total. The molecule has 1 unspecified atom stereocenters. The summed E-state index contributed by atoms with van der Waals surface area (Å²) in [6.45, 7) is 10.1. The van der Waals surface area contributed by atoms with Crippen LogP contribution in [0, 0.1) is 0 Å². The van der Waals surface area contributed by atoms with Crippen molar-refractivity contribution in [3.8, 4) is 0 Å². The van der Waals surface area contributed by atoms with E-state index in [9.17, 15) is 0 Å². The van der Waals surface area contributed by atoms with Gasteiger partial charge in [0.25, 0.3) is 0 Å². The van der Waals surface area contributed by atoms with Crippen LogP contribution in [-0.2, 0) is 0 Å². The molecule has 0 radical (unpaired) electrons. The minimum absolute atomic E-state index is 0.454. The predicted molar refractivity (Wildman–Crippen MR) is 94.9 cm³/mol. The number of likely N-dealkylation sites (N-methyl/N-ethyl adjacent to an activating group) is 1. The number of hydrogen-bond donors (Lipinski definition) is 0. The molecule has 124 valence electrons. The topological polar surface area (TPSA) is 9.72 Å². The second-order valence-electron chi connectivity index (χ2n) is 7.17. The summed E-state index contributed by atoms with van der Waals surface area (Å²) in [7, 11) is 2.26. The molecule has 1 atom stereocenters. The van der Waals surface area contributed by atoms with Gasteiger partial charge in [-0.25, -0.2) is 0 Å². The first-order chi connectivity index (χ1) is 10.1. The third kappa shape index (κ3) is 5.42. The minimum atomic E-state index is 0.454. The van der Waals surface area contributed by atoms with E-state index in [1.54, 1.807) is 0 Å². The summed E-state index contributed by atoms with van der Waals surface area (Å²) in [4.78, 5) is 5.28. The van der Waals surface area contributed by atoms with Gasteiger partial charge in [0.2, 0.25) is 0 Å². The largest absolute Gasteiger partial charge is 0.304 e. The van der Waals surface area contributed by atoms with Crippen LogP contribution in [0.15, 0.2) is 0 Å². The lowest BCUT2D eigenvalue weighted by Gasteiger charge is -2.46. The molecular weight excluding hydrogens is 278 g/mol. The van der Waals surface area contributed by atoms with Gasteiger partial charge in [-0.1, -0.05) is 31.2 Å². The van der Waals surface area contributed by atoms with Crippen molar-refractivity contribution in [2.75, 3.05) is 52.6 Å². The molecule has 2 aliphatic rings. The van der Waals surface area contributed by atoms with Crippen LogP contribution in [0.4, 0.5) is 0 Å². The van der Waals surface area contributed by atoms with Gasteiger partial charge in [0.1, 0.15) is 0 Å². The number of piperazine rings is 1. The van der Waals surface area contributed by atoms with E-state index >= 15 is 0 Å². The third-order valence-corrected chi connectivity index (χ3v) is 6.40. The molecule has 0 amide bonds. The number of hydrogen-bond acceptors (Lipinski definition) is 4. The van der Waals surface area contributed by atoms with E-state index in [0.29, 0.717) is 5.54 Å². The van der Waals surface area contributed by atoms with Gasteiger partial charge in [0, 0.05) is 44.8 Å². The first kappa shape index (κ1) is 17.6. The van der Waals surface area contributed by atoms with Crippen LogP contribution in [0.5, 0.6) is 0 Å². The van der Waals surface area contributed by atoms with E-state index in [1.165, 1.54) is 84.2 Å². The predicted octanol–water partition coefficient (Wildman–Crippen LogP) is 3.32. The summed E-state index contributed by atoms with van der Waals surface area (Å²) >= 11 is 1.94. The van der Waals surface area contributed by atoms with Crippen molar-refractivity contribution in [2.24, 2.45) is 0 Å². The maximum absolute atomic E-state index is 2.80. The molecule has 0 aromatic heterocycles. The minimum Gasteiger partial charge on any atom is -0.304 e. The summed E-state index contributed by atoms with van der Waals surface area (Å²) < 4.78 is 2.57. The second-order valence-corrected chi connectivity index (χ2v) is 8.05. The van der Waals surface area contributed by atoms with Gasteiger partial charge in [-0.05, 0) is 45.9 Å². The van der Waals surface area contributed by atoms with Crippen molar-refractivity contribution in [1.82, 2.24) is 14.1 Å². The molecule has 2 heterocycles. The van der Waals surface area contributed by atoms with Crippen LogP contribution < -0.4 is 0 Å². The Morgan fingerprint density at radius 2 is 1.33 bits per heavy atom. The molecule has 0 aromatic rings. The van der Waals surface area contributed by atoms with Crippen molar-refractivity contribution in [2.45, 2.75) is 57.4 Å². The molecule has 2 aliphatic heterocycles. The average molecular weight is 314 g/mol. The Bertz CT molecular complexity index is 292. The smallest absolute Gasteiger partial charge is 0.0182 e. The molecule has 2 saturated heterocycles. The lowest BCUT2D eigenvalue weighted by Crippen LogP contribution is -2.55. The zero-order valence-electron chi connectivity index (χ0n) is 14.4. The van der Waals surface area contributed by atoms with E-state index in [2.05, 4.69) is 34.3 Å². The molecular formula is C17H35N3S. The lowest BCUT2D eigenvalue weighted by atomic mass is 9.86. The molecule has 21 heavy (non-hydrogen) atoms. The van der Waals surface area contributed by atoms with Crippen LogP contribution in [0.2, 0.25) is 0 Å². The zero-order valence-corrected chi connectivity index (χ0v) is 15.3. The molecule has 0 bridgehead atoms. The van der Waals surface area contributed by atoms with Crippen molar-refractivity contribution in [3.05, 3.63) is 0 Å². The first-order valence-electron chi connectivity index (χ1n) is 8.87. The Morgan fingerprint density at radius 3 is 1.95 bits per heavy atom. The fraction of sp³-hybridized carbons (Fsp3) is 1.00. The lowest BCUT2D eigenvalue weighted by molar-refractivity contribution is 0.0360. The Kier molecular flexibility index (Phi) is 7.33. The fourth-order valence-corrected chi connectivity index (χ4v) is 4.47. The summed E-state index contributed by atoms with van der Waals surface area (Å²) in [6.07, 6.45) is 12.0. The standard InChI is InChI=1S/C17H35N3S/c1-17(19-15-13-18(2)14-16-19)9-5-4-7-11-20(21-3)12-8-6-10-17/h4-16H2,1-3H3. The molecule has 2 rings (SSSR count). The molecule has 0 spiro atoms. The van der Waals surface area contributed by atoms with Crippen molar-refractivity contribution in [3.63, 3.8) is 0 Å². The third-order valence-electron chi connectivity index (χ3n) is 5.52. The maximum atomic E-state index is 2.80. The Morgan fingerprint density at radius 1 is 0.762 bits per heavy atom. The van der Waals surface area contributed by atoms with Crippen LogP contribution in [0.3, 0.4) is 0 Å². The maximum Gasteiger partial charge on any atom is 0.0182 e. The van der Waals surface area contributed by atoms with Crippen molar-refractivity contribution < 1.29 is 0 Å². The van der Waals surface area contributed by atoms with Gasteiger partial charge in [0.15, 0.2) is 0 Å². The SMILES string of the molecule is CSN1CCCCCC(C)(N2CCN(C)CC2)CCCC1. The summed E-state index contributed by atoms with van der Waals surface area (Å²) in [5, 5.41) is 0. The van der Waals surface area contributed by atoms with Crippen LogP contribution in [0.25, 0.3) is 0 Å². The van der Waals surface area contributed by atoms with E-state index < -0.39 is 0 Å². The van der Waals surface area contributed by atoms with E-state index in [4.69, 9.17) is 0 Å². The number of nitrogens with zero attached hydrogens (tertiary/aromatic N) is 3. The molecule has 0 aliphatic carbocycles. The van der Waals surface area contributed by atoms with Gasteiger partial charge in [-0.2, -0.15) is 0 Å². The highest BCUT2D eigenvalue weighted by atomic mass is 32.2. The zero-order chi connectivity index (χ0) is 15.1. The highest BCUT2D eigenvalue weighted by Gasteiger charge is 2.32. The summed E-state index contributed by atoms with van der Waals surface area (Å²) in [5.41, 5.74) is 0.454. The van der Waals surface area contributed by atoms with E-state index in [-0.39, 0.29) is 0 Å². The van der Waals surface area contributed by atoms with E-state index in [0.717, 1.165) is 0 Å². The Labute approximate surface area is 136 Å². The van der Waals surface area contributed by atoms with Crippen LogP contribution in [0.1, 0.15) is 51.9 Å². The van der Waals surface area contributed by atoms with E-state index in [1.807, 2.05) is 11.9 Å². The average Bonchev–Trinajstić information content (AvgIpc) is 2.53. The molecule has 0 aromatic carbocycles. The second kappa shape index (κ2) is 8.76. The molecule has 0 N–H and O–H groups in total. The number of rotatable bonds is 2. The first-order valence-corrected chi connectivity index (χ1v) is 10.0. The summed E-state index contributed by atoms with van der Waals surface area (Å²) in [5.74, 6) is 0. The monoisotopic (exact) mass is 313 g/mol. The van der Waals surface area contributed by atoms with Crippen molar-refractivity contribution >= 4 is 11.9 Å². The molecule has 2 fully saturated rings. The molecule has 4 heteroatoms. The normalized spacial score (nSPS) is 32.7. The Hall–Kier alpha value is 0.230. The highest BCUT2D eigenvalue weighted by Crippen LogP contribution is 2.30. The van der Waals surface area contributed by atoms with Crippen molar-refractivity contribution in [1.29, 1.82) is 0 Å². The van der Waals surface area contributed by atoms with Gasteiger partial charge >= 0.3 is 0 Å². The highest BCUT2D eigenvalue weighted by molar-refractivity contribution is 7.96. The van der Waals surface area contributed by atoms with Gasteiger partial charge < -0.3 is 4.90 Å². The Balaban J connectivity index is 1.91. The molecule has 0 saturated carbocycles. The fourth-order valence-electron chi connectivity index (χ4n) is 3.85. The van der Waals surface area contributed by atoms with Crippen LogP contribution >= 0.6 is 11.9 Å².